The van der Waals surface area contributed by atoms with Crippen LogP contribution in [0.1, 0.15) is 43.6 Å². The average Bonchev–Trinajstić information content (AvgIpc) is 2.66. The Kier molecular flexibility index (Phi) is 3.12. The SMILES string of the molecule is Cc1cc(NCC2C(C)(C)C2(C)C)ccc1C(=O)O. The fraction of sp³-hybridized carbons (Fsp3) is 0.562. The van der Waals surface area contributed by atoms with E-state index in [0.717, 1.165) is 17.8 Å². The summed E-state index contributed by atoms with van der Waals surface area (Å²) in [5.41, 5.74) is 2.91. The van der Waals surface area contributed by atoms with Gasteiger partial charge in [-0.2, -0.15) is 0 Å². The van der Waals surface area contributed by atoms with Gasteiger partial charge in [0, 0.05) is 12.2 Å². The maximum atomic E-state index is 11.0. The predicted molar refractivity (Wildman–Crippen MR) is 77.7 cm³/mol. The number of carboxylic acids is 1. The number of benzene rings is 1. The Morgan fingerprint density at radius 2 is 1.84 bits per heavy atom. The van der Waals surface area contributed by atoms with E-state index < -0.39 is 5.97 Å². The molecule has 0 aromatic heterocycles. The number of carboxylic acid groups (broad SMARTS) is 1. The molecule has 2 rings (SSSR count). The van der Waals surface area contributed by atoms with Gasteiger partial charge in [-0.15, -0.1) is 0 Å². The Bertz CT molecular complexity index is 503. The van der Waals surface area contributed by atoms with Gasteiger partial charge >= 0.3 is 5.97 Å². The fourth-order valence-electron chi connectivity index (χ4n) is 3.08. The molecule has 2 N–H and O–H groups in total. The van der Waals surface area contributed by atoms with Gasteiger partial charge in [0.05, 0.1) is 5.56 Å². The molecule has 1 aliphatic carbocycles. The Hall–Kier alpha value is -1.51. The van der Waals surface area contributed by atoms with Gasteiger partial charge in [0.1, 0.15) is 0 Å². The van der Waals surface area contributed by atoms with Crippen LogP contribution < -0.4 is 5.32 Å². The highest BCUT2D eigenvalue weighted by Gasteiger charge is 2.63. The molecule has 0 heterocycles. The van der Waals surface area contributed by atoms with E-state index in [1.165, 1.54) is 0 Å². The van der Waals surface area contributed by atoms with Crippen molar-refractivity contribution < 1.29 is 9.90 Å². The molecular weight excluding hydrogens is 238 g/mol. The highest BCUT2D eigenvalue weighted by Crippen LogP contribution is 2.68. The van der Waals surface area contributed by atoms with Crippen LogP contribution in [-0.4, -0.2) is 17.6 Å². The van der Waals surface area contributed by atoms with Crippen molar-refractivity contribution in [2.24, 2.45) is 16.7 Å². The molecule has 1 aliphatic rings. The quantitative estimate of drug-likeness (QED) is 0.867. The van der Waals surface area contributed by atoms with Crippen molar-refractivity contribution in [1.82, 2.24) is 0 Å². The van der Waals surface area contributed by atoms with Gasteiger partial charge < -0.3 is 10.4 Å². The number of anilines is 1. The van der Waals surface area contributed by atoms with E-state index in [1.807, 2.05) is 19.1 Å². The van der Waals surface area contributed by atoms with E-state index >= 15 is 0 Å². The van der Waals surface area contributed by atoms with Gasteiger partial charge in [0.2, 0.25) is 0 Å². The lowest BCUT2D eigenvalue weighted by atomic mass is 10.0. The molecule has 0 amide bonds. The molecule has 0 aliphatic heterocycles. The first-order chi connectivity index (χ1) is 8.68. The number of hydrogen-bond donors (Lipinski definition) is 2. The van der Waals surface area contributed by atoms with Crippen molar-refractivity contribution in [1.29, 1.82) is 0 Å². The lowest BCUT2D eigenvalue weighted by molar-refractivity contribution is 0.0696. The van der Waals surface area contributed by atoms with Crippen LogP contribution in [0.25, 0.3) is 0 Å². The van der Waals surface area contributed by atoms with Gasteiger partial charge in [0.25, 0.3) is 0 Å². The van der Waals surface area contributed by atoms with Crippen LogP contribution in [-0.2, 0) is 0 Å². The van der Waals surface area contributed by atoms with Gasteiger partial charge in [-0.05, 0) is 47.4 Å². The standard InChI is InChI=1S/C16H23NO2/c1-10-8-11(6-7-12(10)14(18)19)17-9-13-15(2,3)16(13,4)5/h6-8,13,17H,9H2,1-5H3,(H,18,19). The number of nitrogens with one attached hydrogen (secondary N) is 1. The summed E-state index contributed by atoms with van der Waals surface area (Å²) in [4.78, 5) is 11.0. The van der Waals surface area contributed by atoms with Gasteiger partial charge in [-0.3, -0.25) is 0 Å². The molecule has 1 aromatic rings. The van der Waals surface area contributed by atoms with Crippen molar-refractivity contribution >= 4 is 11.7 Å². The minimum absolute atomic E-state index is 0.371. The minimum atomic E-state index is -0.867. The van der Waals surface area contributed by atoms with Crippen molar-refractivity contribution in [2.75, 3.05) is 11.9 Å². The zero-order valence-corrected chi connectivity index (χ0v) is 12.4. The third kappa shape index (κ3) is 2.22. The summed E-state index contributed by atoms with van der Waals surface area (Å²) in [6.45, 7) is 12.0. The van der Waals surface area contributed by atoms with Crippen molar-refractivity contribution in [3.63, 3.8) is 0 Å². The first-order valence-electron chi connectivity index (χ1n) is 6.75. The summed E-state index contributed by atoms with van der Waals surface area (Å²) in [5.74, 6) is -0.215. The van der Waals surface area contributed by atoms with E-state index in [4.69, 9.17) is 5.11 Å². The third-order valence-electron chi connectivity index (χ3n) is 5.29. The molecule has 0 spiro atoms. The van der Waals surface area contributed by atoms with Crippen LogP contribution >= 0.6 is 0 Å². The highest BCUT2D eigenvalue weighted by atomic mass is 16.4. The number of carbonyl (C=O) groups is 1. The van der Waals surface area contributed by atoms with Gasteiger partial charge in [0.15, 0.2) is 0 Å². The second-order valence-electron chi connectivity index (χ2n) is 6.71. The van der Waals surface area contributed by atoms with Crippen molar-refractivity contribution in [3.8, 4) is 0 Å². The van der Waals surface area contributed by atoms with Gasteiger partial charge in [-0.1, -0.05) is 27.7 Å². The molecule has 19 heavy (non-hydrogen) atoms. The Balaban J connectivity index is 2.02. The molecule has 0 unspecified atom stereocenters. The van der Waals surface area contributed by atoms with Crippen LogP contribution in [0, 0.1) is 23.7 Å². The van der Waals surface area contributed by atoms with Crippen LogP contribution in [0.5, 0.6) is 0 Å². The van der Waals surface area contributed by atoms with Crippen LogP contribution in [0.4, 0.5) is 5.69 Å². The van der Waals surface area contributed by atoms with E-state index in [9.17, 15) is 4.79 Å². The van der Waals surface area contributed by atoms with E-state index in [-0.39, 0.29) is 0 Å². The number of rotatable bonds is 4. The number of hydrogen-bond acceptors (Lipinski definition) is 2. The molecule has 1 saturated carbocycles. The normalized spacial score (nSPS) is 20.1. The first kappa shape index (κ1) is 13.9. The van der Waals surface area contributed by atoms with E-state index in [1.54, 1.807) is 6.07 Å². The highest BCUT2D eigenvalue weighted by molar-refractivity contribution is 5.89. The maximum absolute atomic E-state index is 11.0. The second kappa shape index (κ2) is 4.26. The number of aryl methyl sites for hydroxylation is 1. The molecule has 3 nitrogen and oxygen atoms in total. The zero-order valence-electron chi connectivity index (χ0n) is 12.4. The summed E-state index contributed by atoms with van der Waals surface area (Å²) in [6, 6.07) is 5.42. The van der Waals surface area contributed by atoms with E-state index in [0.29, 0.717) is 22.3 Å². The summed E-state index contributed by atoms with van der Waals surface area (Å²) in [6.07, 6.45) is 0. The molecule has 0 atom stereocenters. The molecular formula is C16H23NO2. The first-order valence-corrected chi connectivity index (χ1v) is 6.75. The lowest BCUT2D eigenvalue weighted by Crippen LogP contribution is -2.09. The average molecular weight is 261 g/mol. The Labute approximate surface area is 115 Å². The third-order valence-corrected chi connectivity index (χ3v) is 5.29. The summed E-state index contributed by atoms with van der Waals surface area (Å²) < 4.78 is 0. The van der Waals surface area contributed by atoms with Gasteiger partial charge in [-0.25, -0.2) is 4.79 Å². The maximum Gasteiger partial charge on any atom is 0.335 e. The largest absolute Gasteiger partial charge is 0.478 e. The molecule has 3 heteroatoms. The monoisotopic (exact) mass is 261 g/mol. The van der Waals surface area contributed by atoms with Crippen LogP contribution in [0.3, 0.4) is 0 Å². The fourth-order valence-corrected chi connectivity index (χ4v) is 3.08. The molecule has 0 radical (unpaired) electrons. The smallest absolute Gasteiger partial charge is 0.335 e. The molecule has 0 bridgehead atoms. The molecule has 0 saturated heterocycles. The molecule has 104 valence electrons. The van der Waals surface area contributed by atoms with Crippen molar-refractivity contribution in [3.05, 3.63) is 29.3 Å². The summed E-state index contributed by atoms with van der Waals surface area (Å²) in [5, 5.41) is 12.4. The number of aromatic carboxylic acids is 1. The van der Waals surface area contributed by atoms with Crippen molar-refractivity contribution in [2.45, 2.75) is 34.6 Å². The zero-order chi connectivity index (χ0) is 14.4. The topological polar surface area (TPSA) is 49.3 Å². The van der Waals surface area contributed by atoms with Crippen LogP contribution in [0.2, 0.25) is 0 Å². The molecule has 1 fully saturated rings. The Morgan fingerprint density at radius 1 is 1.26 bits per heavy atom. The predicted octanol–water partition coefficient (Wildman–Crippen LogP) is 3.79. The Morgan fingerprint density at radius 3 is 2.26 bits per heavy atom. The minimum Gasteiger partial charge on any atom is -0.478 e. The molecule has 1 aromatic carbocycles. The second-order valence-corrected chi connectivity index (χ2v) is 6.71. The summed E-state index contributed by atoms with van der Waals surface area (Å²) >= 11 is 0. The lowest BCUT2D eigenvalue weighted by Gasteiger charge is -2.09. The summed E-state index contributed by atoms with van der Waals surface area (Å²) in [7, 11) is 0. The van der Waals surface area contributed by atoms with Crippen LogP contribution in [0.15, 0.2) is 18.2 Å². The van der Waals surface area contributed by atoms with E-state index in [2.05, 4.69) is 33.0 Å².